The van der Waals surface area contributed by atoms with Gasteiger partial charge in [-0.15, -0.1) is 0 Å². The van der Waals surface area contributed by atoms with Gasteiger partial charge in [0, 0.05) is 29.8 Å². The number of hydrogen-bond acceptors (Lipinski definition) is 4. The summed E-state index contributed by atoms with van der Waals surface area (Å²) in [7, 11) is 0. The monoisotopic (exact) mass is 521 g/mol. The van der Waals surface area contributed by atoms with E-state index in [9.17, 15) is 9.59 Å². The van der Waals surface area contributed by atoms with Crippen molar-refractivity contribution < 1.29 is 14.3 Å². The molecule has 1 aliphatic rings. The van der Waals surface area contributed by atoms with Crippen molar-refractivity contribution in [1.29, 1.82) is 0 Å². The first-order valence-corrected chi connectivity index (χ1v) is 13.6. The number of rotatable bonds is 7. The number of morpholine rings is 1. The Morgan fingerprint density at radius 3 is 2.26 bits per heavy atom. The van der Waals surface area contributed by atoms with Gasteiger partial charge in [0.1, 0.15) is 0 Å². The Balaban J connectivity index is 1.43. The van der Waals surface area contributed by atoms with E-state index in [1.165, 1.54) is 5.56 Å². The Bertz CT molecular complexity index is 1490. The van der Waals surface area contributed by atoms with E-state index in [1.807, 2.05) is 66.7 Å². The van der Waals surface area contributed by atoms with Crippen LogP contribution in [-0.2, 0) is 17.7 Å². The topological polar surface area (TPSA) is 70.7 Å². The van der Waals surface area contributed by atoms with E-state index in [1.54, 1.807) is 6.07 Å². The van der Waals surface area contributed by atoms with Gasteiger partial charge in [-0.2, -0.15) is 0 Å². The van der Waals surface area contributed by atoms with Gasteiger partial charge in [-0.3, -0.25) is 9.59 Å². The van der Waals surface area contributed by atoms with Crippen molar-refractivity contribution in [1.82, 2.24) is 5.32 Å². The summed E-state index contributed by atoms with van der Waals surface area (Å²) in [5.74, 6) is -0.405. The summed E-state index contributed by atoms with van der Waals surface area (Å²) >= 11 is 0. The zero-order valence-corrected chi connectivity index (χ0v) is 22.7. The summed E-state index contributed by atoms with van der Waals surface area (Å²) in [6.45, 7) is 7.96. The molecule has 39 heavy (non-hydrogen) atoms. The number of carbonyl (C=O) groups excluding carboxylic acids is 2. The van der Waals surface area contributed by atoms with Crippen LogP contribution in [0.3, 0.4) is 0 Å². The number of anilines is 2. The largest absolute Gasteiger partial charge is 0.377 e. The maximum Gasteiger partial charge on any atom is 0.255 e. The Kier molecular flexibility index (Phi) is 7.94. The molecule has 0 aromatic heterocycles. The van der Waals surface area contributed by atoms with E-state index in [2.05, 4.69) is 48.4 Å². The molecule has 200 valence electrons. The van der Waals surface area contributed by atoms with Gasteiger partial charge in [-0.05, 0) is 72.5 Å². The number of benzene rings is 4. The van der Waals surface area contributed by atoms with E-state index in [0.717, 1.165) is 28.4 Å². The van der Waals surface area contributed by atoms with Crippen LogP contribution in [0.15, 0.2) is 84.9 Å². The second kappa shape index (κ2) is 11.7. The third-order valence-electron chi connectivity index (χ3n) is 7.32. The van der Waals surface area contributed by atoms with Gasteiger partial charge in [0.25, 0.3) is 11.8 Å². The first kappa shape index (κ1) is 26.4. The Morgan fingerprint density at radius 2 is 1.49 bits per heavy atom. The average Bonchev–Trinajstić information content (AvgIpc) is 2.96. The third-order valence-corrected chi connectivity index (χ3v) is 7.32. The van der Waals surface area contributed by atoms with Crippen molar-refractivity contribution >= 4 is 34.0 Å². The van der Waals surface area contributed by atoms with Gasteiger partial charge in [0.15, 0.2) is 0 Å². The lowest BCUT2D eigenvalue weighted by Crippen LogP contribution is -2.50. The fourth-order valence-corrected chi connectivity index (χ4v) is 5.25. The number of hydrogen-bond donors (Lipinski definition) is 2. The van der Waals surface area contributed by atoms with E-state index in [-0.39, 0.29) is 23.9 Å². The number of fused-ring (bicyclic) bond motifs is 1. The second-order valence-electron chi connectivity index (χ2n) is 10.2. The van der Waals surface area contributed by atoms with Gasteiger partial charge < -0.3 is 20.3 Å². The number of carbonyl (C=O) groups is 2. The maximum absolute atomic E-state index is 13.5. The minimum Gasteiger partial charge on any atom is -0.377 e. The molecule has 0 spiro atoms. The molecular weight excluding hydrogens is 486 g/mol. The summed E-state index contributed by atoms with van der Waals surface area (Å²) in [5.41, 5.74) is 4.83. The summed E-state index contributed by atoms with van der Waals surface area (Å²) in [6, 6.07) is 27.6. The molecule has 0 bridgehead atoms. The van der Waals surface area contributed by atoms with Crippen LogP contribution < -0.4 is 15.5 Å². The minimum atomic E-state index is -0.218. The average molecular weight is 522 g/mol. The smallest absolute Gasteiger partial charge is 0.255 e. The van der Waals surface area contributed by atoms with Gasteiger partial charge in [-0.1, -0.05) is 61.5 Å². The molecule has 2 amide bonds. The van der Waals surface area contributed by atoms with Crippen LogP contribution in [0.25, 0.3) is 10.8 Å². The highest BCUT2D eigenvalue weighted by Gasteiger charge is 2.28. The summed E-state index contributed by atoms with van der Waals surface area (Å²) in [4.78, 5) is 28.9. The van der Waals surface area contributed by atoms with Gasteiger partial charge in [0.05, 0.1) is 24.6 Å². The second-order valence-corrected chi connectivity index (χ2v) is 10.2. The molecule has 1 aliphatic heterocycles. The Labute approximate surface area is 230 Å². The quantitative estimate of drug-likeness (QED) is 0.304. The number of nitrogens with zero attached hydrogens (tertiary/aromatic N) is 1. The predicted molar refractivity (Wildman–Crippen MR) is 158 cm³/mol. The lowest BCUT2D eigenvalue weighted by Gasteiger charge is -2.41. The van der Waals surface area contributed by atoms with Crippen molar-refractivity contribution in [3.8, 4) is 0 Å². The highest BCUT2D eigenvalue weighted by atomic mass is 16.5. The van der Waals surface area contributed by atoms with Crippen LogP contribution in [0.1, 0.15) is 52.6 Å². The van der Waals surface area contributed by atoms with Crippen LogP contribution in [0.5, 0.6) is 0 Å². The number of ether oxygens (including phenoxy) is 1. The van der Waals surface area contributed by atoms with Gasteiger partial charge in [-0.25, -0.2) is 0 Å². The van der Waals surface area contributed by atoms with Gasteiger partial charge >= 0.3 is 0 Å². The molecule has 6 nitrogen and oxygen atoms in total. The van der Waals surface area contributed by atoms with Crippen molar-refractivity contribution in [3.63, 3.8) is 0 Å². The van der Waals surface area contributed by atoms with Gasteiger partial charge in [0.2, 0.25) is 0 Å². The highest BCUT2D eigenvalue weighted by Crippen LogP contribution is 2.33. The fourth-order valence-electron chi connectivity index (χ4n) is 5.25. The zero-order valence-electron chi connectivity index (χ0n) is 22.7. The van der Waals surface area contributed by atoms with Crippen molar-refractivity contribution in [2.24, 2.45) is 0 Å². The molecule has 6 heteroatoms. The zero-order chi connectivity index (χ0) is 27.4. The predicted octanol–water partition coefficient (Wildman–Crippen LogP) is 6.20. The molecule has 2 atom stereocenters. The maximum atomic E-state index is 13.5. The molecule has 5 rings (SSSR count). The molecule has 2 unspecified atom stereocenters. The molecule has 1 saturated heterocycles. The lowest BCUT2D eigenvalue weighted by atomic mass is 10.0. The van der Waals surface area contributed by atoms with Crippen LogP contribution in [-0.4, -0.2) is 37.1 Å². The van der Waals surface area contributed by atoms with E-state index in [4.69, 9.17) is 4.74 Å². The summed E-state index contributed by atoms with van der Waals surface area (Å²) in [6.07, 6.45) is 0.946. The SMILES string of the molecule is CCc1cccc(CNC(=O)c2ccc(N3C(C)COCC3C)c(NC(=O)c3ccc4ccccc4c3)c2)c1. The minimum absolute atomic E-state index is 0.121. The van der Waals surface area contributed by atoms with Crippen LogP contribution in [0.4, 0.5) is 11.4 Å². The Hall–Kier alpha value is -4.16. The molecule has 4 aromatic rings. The fraction of sp³-hybridized carbons (Fsp3) is 0.273. The molecule has 0 radical (unpaired) electrons. The van der Waals surface area contributed by atoms with Crippen molar-refractivity contribution in [2.75, 3.05) is 23.4 Å². The highest BCUT2D eigenvalue weighted by molar-refractivity contribution is 6.08. The van der Waals surface area contributed by atoms with E-state index in [0.29, 0.717) is 36.6 Å². The van der Waals surface area contributed by atoms with Crippen molar-refractivity contribution in [2.45, 2.75) is 45.8 Å². The molecule has 4 aromatic carbocycles. The molecule has 1 heterocycles. The number of aryl methyl sites for hydroxylation is 1. The summed E-state index contributed by atoms with van der Waals surface area (Å²) < 4.78 is 5.74. The standard InChI is InChI=1S/C33H35N3O3/c1-4-24-8-7-9-25(16-24)19-34-32(37)29-14-15-31(36-22(2)20-39-21-23(36)3)30(18-29)35-33(38)28-13-12-26-10-5-6-11-27(26)17-28/h5-18,22-23H,4,19-21H2,1-3H3,(H,34,37)(H,35,38). The molecule has 0 aliphatic carbocycles. The molecule has 0 saturated carbocycles. The normalized spacial score (nSPS) is 17.2. The summed E-state index contributed by atoms with van der Waals surface area (Å²) in [5, 5.41) is 8.22. The first-order valence-electron chi connectivity index (χ1n) is 13.6. The van der Waals surface area contributed by atoms with Crippen LogP contribution >= 0.6 is 0 Å². The Morgan fingerprint density at radius 1 is 0.795 bits per heavy atom. The van der Waals surface area contributed by atoms with E-state index >= 15 is 0 Å². The third kappa shape index (κ3) is 5.96. The molecule has 2 N–H and O–H groups in total. The number of nitrogens with one attached hydrogen (secondary N) is 2. The lowest BCUT2D eigenvalue weighted by molar-refractivity contribution is 0.0757. The van der Waals surface area contributed by atoms with Crippen molar-refractivity contribution in [3.05, 3.63) is 107 Å². The molecule has 1 fully saturated rings. The van der Waals surface area contributed by atoms with E-state index < -0.39 is 0 Å². The number of amides is 2. The van der Waals surface area contributed by atoms with Crippen LogP contribution in [0.2, 0.25) is 0 Å². The molecular formula is C33H35N3O3. The first-order chi connectivity index (χ1) is 18.9. The van der Waals surface area contributed by atoms with Crippen LogP contribution in [0, 0.1) is 0 Å².